The van der Waals surface area contributed by atoms with E-state index in [1.165, 1.54) is 10.5 Å². The fraction of sp³-hybridized carbons (Fsp3) is 0.500. The summed E-state index contributed by atoms with van der Waals surface area (Å²) in [6.07, 6.45) is 5.51. The zero-order chi connectivity index (χ0) is 15.4. The fourth-order valence-electron chi connectivity index (χ4n) is 3.22. The predicted molar refractivity (Wildman–Crippen MR) is 92.4 cm³/mol. The third-order valence-corrected chi connectivity index (χ3v) is 5.52. The first-order valence-electron chi connectivity index (χ1n) is 8.07. The number of amides is 1. The van der Waals surface area contributed by atoms with Crippen molar-refractivity contribution in [2.75, 3.05) is 25.5 Å². The van der Waals surface area contributed by atoms with Crippen LogP contribution in [0.5, 0.6) is 0 Å². The van der Waals surface area contributed by atoms with Crippen molar-refractivity contribution >= 4 is 17.7 Å². The van der Waals surface area contributed by atoms with Crippen molar-refractivity contribution in [3.63, 3.8) is 0 Å². The first kappa shape index (κ1) is 15.5. The number of benzene rings is 1. The van der Waals surface area contributed by atoms with Gasteiger partial charge in [0.25, 0.3) is 0 Å². The first-order valence-corrected chi connectivity index (χ1v) is 9.06. The average molecular weight is 316 g/mol. The van der Waals surface area contributed by atoms with E-state index in [0.29, 0.717) is 6.54 Å². The Morgan fingerprint density at radius 2 is 1.95 bits per heavy atom. The summed E-state index contributed by atoms with van der Waals surface area (Å²) in [7, 11) is 0. The van der Waals surface area contributed by atoms with E-state index < -0.39 is 0 Å². The lowest BCUT2D eigenvalue weighted by atomic mass is 9.90. The Kier molecular flexibility index (Phi) is 5.08. The summed E-state index contributed by atoms with van der Waals surface area (Å²) in [5.74, 6) is 1.92. The van der Waals surface area contributed by atoms with Crippen molar-refractivity contribution in [2.45, 2.75) is 26.2 Å². The lowest BCUT2D eigenvalue weighted by molar-refractivity contribution is -0.133. The van der Waals surface area contributed by atoms with Crippen molar-refractivity contribution in [3.05, 3.63) is 47.0 Å². The molecule has 0 atom stereocenters. The quantitative estimate of drug-likeness (QED) is 0.851. The van der Waals surface area contributed by atoms with Crippen LogP contribution in [-0.4, -0.2) is 41.2 Å². The van der Waals surface area contributed by atoms with Gasteiger partial charge in [-0.05, 0) is 42.6 Å². The predicted octanol–water partition coefficient (Wildman–Crippen LogP) is 3.34. The largest absolute Gasteiger partial charge is 0.358 e. The highest BCUT2D eigenvalue weighted by Crippen LogP contribution is 2.25. The Labute approximate surface area is 137 Å². The molecule has 3 nitrogen and oxygen atoms in total. The van der Waals surface area contributed by atoms with Gasteiger partial charge in [0.1, 0.15) is 0 Å². The highest BCUT2D eigenvalue weighted by molar-refractivity contribution is 8.03. The van der Waals surface area contributed by atoms with E-state index in [4.69, 9.17) is 0 Å². The van der Waals surface area contributed by atoms with Crippen molar-refractivity contribution < 1.29 is 4.79 Å². The molecule has 118 valence electrons. The van der Waals surface area contributed by atoms with Crippen molar-refractivity contribution in [2.24, 2.45) is 5.92 Å². The van der Waals surface area contributed by atoms with Gasteiger partial charge in [-0.25, -0.2) is 0 Å². The lowest BCUT2D eigenvalue weighted by Crippen LogP contribution is -2.43. The molecule has 1 amide bonds. The number of hydrogen-bond acceptors (Lipinski definition) is 3. The molecule has 0 bridgehead atoms. The Balaban J connectivity index is 1.44. The molecular formula is C18H24N2OS. The van der Waals surface area contributed by atoms with Crippen LogP contribution < -0.4 is 0 Å². The monoisotopic (exact) mass is 316 g/mol. The van der Waals surface area contributed by atoms with Crippen LogP contribution in [0.25, 0.3) is 0 Å². The highest BCUT2D eigenvalue weighted by Gasteiger charge is 2.24. The number of hydrogen-bond donors (Lipinski definition) is 0. The number of piperidine rings is 1. The van der Waals surface area contributed by atoms with Crippen molar-refractivity contribution in [1.29, 1.82) is 0 Å². The van der Waals surface area contributed by atoms with Gasteiger partial charge in [-0.1, -0.05) is 30.3 Å². The van der Waals surface area contributed by atoms with Crippen LogP contribution in [0, 0.1) is 5.92 Å². The van der Waals surface area contributed by atoms with Crippen molar-refractivity contribution in [3.8, 4) is 0 Å². The average Bonchev–Trinajstić information content (AvgIpc) is 2.94. The topological polar surface area (TPSA) is 23.6 Å². The molecule has 2 aliphatic rings. The second-order valence-electron chi connectivity index (χ2n) is 6.27. The molecule has 1 aromatic rings. The minimum absolute atomic E-state index is 0.282. The Morgan fingerprint density at radius 1 is 1.23 bits per heavy atom. The molecule has 0 aromatic heterocycles. The minimum Gasteiger partial charge on any atom is -0.358 e. The van der Waals surface area contributed by atoms with E-state index in [1.54, 1.807) is 0 Å². The molecule has 2 aliphatic heterocycles. The number of rotatable bonds is 4. The van der Waals surface area contributed by atoms with E-state index in [2.05, 4.69) is 48.4 Å². The normalized spacial score (nSPS) is 19.4. The molecule has 0 spiro atoms. The van der Waals surface area contributed by atoms with E-state index in [9.17, 15) is 4.79 Å². The van der Waals surface area contributed by atoms with E-state index in [-0.39, 0.29) is 5.91 Å². The summed E-state index contributed by atoms with van der Waals surface area (Å²) >= 11 is 1.81. The SMILES string of the molecule is CC1=CN(CC(=O)N2CCC(Cc3ccccc3)CC2)CS1. The molecule has 3 rings (SSSR count). The van der Waals surface area contributed by atoms with Crippen molar-refractivity contribution in [1.82, 2.24) is 9.80 Å². The van der Waals surface area contributed by atoms with Gasteiger partial charge in [-0.2, -0.15) is 0 Å². The molecule has 22 heavy (non-hydrogen) atoms. The number of likely N-dealkylation sites (tertiary alicyclic amines) is 1. The first-order chi connectivity index (χ1) is 10.7. The molecule has 2 heterocycles. The molecule has 1 aromatic carbocycles. The summed E-state index contributed by atoms with van der Waals surface area (Å²) in [4.78, 5) is 17.8. The fourth-order valence-corrected chi connectivity index (χ4v) is 3.97. The molecule has 1 saturated heterocycles. The summed E-state index contributed by atoms with van der Waals surface area (Å²) in [6, 6.07) is 10.7. The number of nitrogens with zero attached hydrogens (tertiary/aromatic N) is 2. The summed E-state index contributed by atoms with van der Waals surface area (Å²) in [6.45, 7) is 4.47. The molecule has 0 radical (unpaired) electrons. The standard InChI is InChI=1S/C18H24N2OS/c1-15-12-19(14-22-15)13-18(21)20-9-7-17(8-10-20)11-16-5-3-2-4-6-16/h2-6,12,17H,7-11,13-14H2,1H3. The number of thioether (sulfide) groups is 1. The highest BCUT2D eigenvalue weighted by atomic mass is 32.2. The van der Waals surface area contributed by atoms with E-state index in [0.717, 1.165) is 44.1 Å². The van der Waals surface area contributed by atoms with Crippen LogP contribution in [0.2, 0.25) is 0 Å². The third-order valence-electron chi connectivity index (χ3n) is 4.50. The van der Waals surface area contributed by atoms with Gasteiger partial charge in [0, 0.05) is 19.3 Å². The van der Waals surface area contributed by atoms with Gasteiger partial charge >= 0.3 is 0 Å². The second-order valence-corrected chi connectivity index (χ2v) is 7.46. The number of carbonyl (C=O) groups is 1. The summed E-state index contributed by atoms with van der Waals surface area (Å²) in [5, 5.41) is 0. The van der Waals surface area contributed by atoms with Crippen LogP contribution in [0.4, 0.5) is 0 Å². The summed E-state index contributed by atoms with van der Waals surface area (Å²) < 4.78 is 0. The van der Waals surface area contributed by atoms with Gasteiger partial charge in [0.2, 0.25) is 5.91 Å². The molecule has 4 heteroatoms. The third kappa shape index (κ3) is 4.07. The molecule has 0 saturated carbocycles. The maximum atomic E-state index is 12.4. The second kappa shape index (κ2) is 7.23. The van der Waals surface area contributed by atoms with Crippen LogP contribution in [-0.2, 0) is 11.2 Å². The number of allylic oxidation sites excluding steroid dienone is 1. The number of carbonyl (C=O) groups excluding carboxylic acids is 1. The zero-order valence-corrected chi connectivity index (χ0v) is 14.0. The molecule has 0 aliphatic carbocycles. The molecule has 0 unspecified atom stereocenters. The van der Waals surface area contributed by atoms with Gasteiger partial charge in [-0.15, -0.1) is 11.8 Å². The Bertz CT molecular complexity index is 535. The van der Waals surface area contributed by atoms with Gasteiger partial charge in [0.15, 0.2) is 0 Å². The maximum absolute atomic E-state index is 12.4. The minimum atomic E-state index is 0.282. The Hall–Kier alpha value is -1.42. The van der Waals surface area contributed by atoms with Gasteiger partial charge in [-0.3, -0.25) is 4.79 Å². The van der Waals surface area contributed by atoms with E-state index in [1.807, 2.05) is 16.7 Å². The van der Waals surface area contributed by atoms with Crippen LogP contribution in [0.3, 0.4) is 0 Å². The summed E-state index contributed by atoms with van der Waals surface area (Å²) in [5.41, 5.74) is 1.42. The zero-order valence-electron chi connectivity index (χ0n) is 13.2. The lowest BCUT2D eigenvalue weighted by Gasteiger charge is -2.33. The molecule has 1 fully saturated rings. The van der Waals surface area contributed by atoms with E-state index >= 15 is 0 Å². The maximum Gasteiger partial charge on any atom is 0.242 e. The van der Waals surface area contributed by atoms with Crippen LogP contribution in [0.1, 0.15) is 25.3 Å². The van der Waals surface area contributed by atoms with Crippen LogP contribution in [0.15, 0.2) is 41.4 Å². The molecular weight excluding hydrogens is 292 g/mol. The Morgan fingerprint density at radius 3 is 2.59 bits per heavy atom. The van der Waals surface area contributed by atoms with Gasteiger partial charge < -0.3 is 9.80 Å². The van der Waals surface area contributed by atoms with Gasteiger partial charge in [0.05, 0.1) is 12.4 Å². The molecule has 0 N–H and O–H groups in total. The van der Waals surface area contributed by atoms with Crippen LogP contribution >= 0.6 is 11.8 Å². The smallest absolute Gasteiger partial charge is 0.242 e.